The number of halogens is 3. The van der Waals surface area contributed by atoms with Crippen LogP contribution in [0.15, 0.2) is 49.9 Å². The molecule has 0 aliphatic rings. The summed E-state index contributed by atoms with van der Waals surface area (Å²) in [5.74, 6) is 0.807. The molecule has 0 amide bonds. The predicted molar refractivity (Wildman–Crippen MR) is 77.1 cm³/mol. The first kappa shape index (κ1) is 12.1. The fourth-order valence-electron chi connectivity index (χ4n) is 1.18. The first-order chi connectivity index (χ1) is 7.65. The topological polar surface area (TPSA) is 24.9 Å². The monoisotopic (exact) mass is 404 g/mol. The minimum absolute atomic E-state index is 0.807. The maximum Gasteiger partial charge on any atom is 0.130 e. The van der Waals surface area contributed by atoms with E-state index in [2.05, 4.69) is 58.1 Å². The van der Waals surface area contributed by atoms with E-state index in [4.69, 9.17) is 0 Å². The Labute approximate surface area is 119 Å². The van der Waals surface area contributed by atoms with Crippen LogP contribution in [-0.4, -0.2) is 4.98 Å². The van der Waals surface area contributed by atoms with Crippen LogP contribution in [0.3, 0.4) is 0 Å². The van der Waals surface area contributed by atoms with E-state index in [1.54, 1.807) is 6.20 Å². The van der Waals surface area contributed by atoms with Crippen LogP contribution < -0.4 is 5.32 Å². The quantitative estimate of drug-likeness (QED) is 0.749. The van der Waals surface area contributed by atoms with Gasteiger partial charge in [-0.15, -0.1) is 0 Å². The molecule has 0 saturated heterocycles. The molecular weight excluding hydrogens is 400 g/mol. The zero-order chi connectivity index (χ0) is 11.5. The van der Waals surface area contributed by atoms with Crippen LogP contribution >= 0.6 is 47.8 Å². The molecule has 0 unspecified atom stereocenters. The first-order valence-electron chi connectivity index (χ1n) is 4.49. The van der Waals surface area contributed by atoms with Gasteiger partial charge >= 0.3 is 0 Å². The van der Waals surface area contributed by atoms with E-state index in [9.17, 15) is 0 Å². The summed E-state index contributed by atoms with van der Waals surface area (Å²) in [5.41, 5.74) is 0.976. The second-order valence-corrected chi connectivity index (χ2v) is 5.80. The van der Waals surface area contributed by atoms with Crippen LogP contribution in [-0.2, 0) is 0 Å². The first-order valence-corrected chi connectivity index (χ1v) is 6.87. The molecule has 1 aromatic heterocycles. The maximum absolute atomic E-state index is 4.25. The van der Waals surface area contributed by atoms with Crippen molar-refractivity contribution in [2.75, 3.05) is 5.32 Å². The summed E-state index contributed by atoms with van der Waals surface area (Å²) in [4.78, 5) is 4.25. The summed E-state index contributed by atoms with van der Waals surface area (Å²) in [6.07, 6.45) is 1.76. The molecule has 0 aliphatic heterocycles. The third-order valence-electron chi connectivity index (χ3n) is 1.92. The van der Waals surface area contributed by atoms with Crippen LogP contribution in [0.25, 0.3) is 0 Å². The van der Waals surface area contributed by atoms with Gasteiger partial charge in [-0.2, -0.15) is 0 Å². The molecule has 1 aromatic carbocycles. The van der Waals surface area contributed by atoms with Gasteiger partial charge in [0.15, 0.2) is 0 Å². The van der Waals surface area contributed by atoms with Crippen LogP contribution in [0, 0.1) is 0 Å². The zero-order valence-electron chi connectivity index (χ0n) is 8.05. The lowest BCUT2D eigenvalue weighted by atomic mass is 10.3. The zero-order valence-corrected chi connectivity index (χ0v) is 12.8. The molecule has 0 aliphatic carbocycles. The molecule has 0 saturated carbocycles. The van der Waals surface area contributed by atoms with Gasteiger partial charge in [-0.05, 0) is 62.2 Å². The number of hydrogen-bond acceptors (Lipinski definition) is 2. The highest BCUT2D eigenvalue weighted by atomic mass is 79.9. The van der Waals surface area contributed by atoms with Gasteiger partial charge < -0.3 is 5.32 Å². The van der Waals surface area contributed by atoms with Crippen LogP contribution in [0.1, 0.15) is 0 Å². The lowest BCUT2D eigenvalue weighted by molar-refractivity contribution is 1.29. The van der Waals surface area contributed by atoms with E-state index in [-0.39, 0.29) is 0 Å². The molecule has 0 radical (unpaired) electrons. The summed E-state index contributed by atoms with van der Waals surface area (Å²) < 4.78 is 2.99. The number of pyridine rings is 1. The SMILES string of the molecule is Brc1ccc(Nc2cc(Br)ccc2Br)nc1. The van der Waals surface area contributed by atoms with Crippen molar-refractivity contribution < 1.29 is 0 Å². The van der Waals surface area contributed by atoms with Gasteiger partial charge in [0.1, 0.15) is 5.82 Å². The highest BCUT2D eigenvalue weighted by molar-refractivity contribution is 9.11. The van der Waals surface area contributed by atoms with Crippen LogP contribution in [0.5, 0.6) is 0 Å². The van der Waals surface area contributed by atoms with E-state index in [1.165, 1.54) is 0 Å². The van der Waals surface area contributed by atoms with Crippen molar-refractivity contribution in [3.8, 4) is 0 Å². The second kappa shape index (κ2) is 5.29. The normalized spacial score (nSPS) is 10.2. The standard InChI is InChI=1S/C11H7Br3N2/c12-7-1-3-9(14)10(5-7)16-11-4-2-8(13)6-15-11/h1-6H,(H,15,16). The lowest BCUT2D eigenvalue weighted by Crippen LogP contribution is -1.93. The summed E-state index contributed by atoms with van der Waals surface area (Å²) in [5, 5.41) is 3.23. The average Bonchev–Trinajstić information content (AvgIpc) is 2.27. The minimum atomic E-state index is 0.807. The molecule has 82 valence electrons. The Morgan fingerprint density at radius 3 is 2.38 bits per heavy atom. The molecule has 1 N–H and O–H groups in total. The number of nitrogens with zero attached hydrogens (tertiary/aromatic N) is 1. The third-order valence-corrected chi connectivity index (χ3v) is 3.57. The molecule has 2 rings (SSSR count). The van der Waals surface area contributed by atoms with Crippen molar-refractivity contribution in [3.05, 3.63) is 49.9 Å². The van der Waals surface area contributed by atoms with Gasteiger partial charge in [-0.1, -0.05) is 15.9 Å². The number of rotatable bonds is 2. The average molecular weight is 407 g/mol. The second-order valence-electron chi connectivity index (χ2n) is 3.11. The van der Waals surface area contributed by atoms with Crippen molar-refractivity contribution in [1.82, 2.24) is 4.98 Å². The van der Waals surface area contributed by atoms with Gasteiger partial charge in [-0.25, -0.2) is 4.98 Å². The van der Waals surface area contributed by atoms with E-state index >= 15 is 0 Å². The van der Waals surface area contributed by atoms with Gasteiger partial charge in [0.2, 0.25) is 0 Å². The molecule has 16 heavy (non-hydrogen) atoms. The highest BCUT2D eigenvalue weighted by Gasteiger charge is 2.01. The Balaban J connectivity index is 2.26. The van der Waals surface area contributed by atoms with E-state index in [1.807, 2.05) is 30.3 Å². The molecular formula is C11H7Br3N2. The summed E-state index contributed by atoms with van der Waals surface area (Å²) in [6, 6.07) is 9.81. The minimum Gasteiger partial charge on any atom is -0.339 e. The Morgan fingerprint density at radius 1 is 0.938 bits per heavy atom. The molecule has 0 spiro atoms. The summed E-state index contributed by atoms with van der Waals surface area (Å²) in [7, 11) is 0. The number of benzene rings is 1. The van der Waals surface area contributed by atoms with Crippen molar-refractivity contribution >= 4 is 59.3 Å². The number of nitrogens with one attached hydrogen (secondary N) is 1. The van der Waals surface area contributed by atoms with Gasteiger partial charge in [-0.3, -0.25) is 0 Å². The largest absolute Gasteiger partial charge is 0.339 e. The Hall–Kier alpha value is -0.390. The van der Waals surface area contributed by atoms with Gasteiger partial charge in [0.05, 0.1) is 5.69 Å². The molecule has 2 aromatic rings. The Morgan fingerprint density at radius 2 is 1.69 bits per heavy atom. The van der Waals surface area contributed by atoms with Gasteiger partial charge in [0, 0.05) is 19.6 Å². The maximum atomic E-state index is 4.25. The molecule has 0 fully saturated rings. The number of anilines is 2. The van der Waals surface area contributed by atoms with E-state index in [0.717, 1.165) is 24.9 Å². The molecule has 1 heterocycles. The van der Waals surface area contributed by atoms with E-state index in [0.29, 0.717) is 0 Å². The molecule has 2 nitrogen and oxygen atoms in total. The Bertz CT molecular complexity index is 497. The van der Waals surface area contributed by atoms with E-state index < -0.39 is 0 Å². The van der Waals surface area contributed by atoms with Crippen molar-refractivity contribution in [1.29, 1.82) is 0 Å². The van der Waals surface area contributed by atoms with Crippen LogP contribution in [0.4, 0.5) is 11.5 Å². The number of hydrogen-bond donors (Lipinski definition) is 1. The fraction of sp³-hybridized carbons (Fsp3) is 0. The molecule has 5 heteroatoms. The lowest BCUT2D eigenvalue weighted by Gasteiger charge is -2.08. The predicted octanol–water partition coefficient (Wildman–Crippen LogP) is 5.11. The fourth-order valence-corrected chi connectivity index (χ4v) is 2.12. The number of aromatic nitrogens is 1. The molecule has 0 atom stereocenters. The third kappa shape index (κ3) is 3.06. The van der Waals surface area contributed by atoms with Crippen molar-refractivity contribution in [3.63, 3.8) is 0 Å². The van der Waals surface area contributed by atoms with Crippen molar-refractivity contribution in [2.45, 2.75) is 0 Å². The highest BCUT2D eigenvalue weighted by Crippen LogP contribution is 2.28. The van der Waals surface area contributed by atoms with Crippen molar-refractivity contribution in [2.24, 2.45) is 0 Å². The summed E-state index contributed by atoms with van der Waals surface area (Å²) in [6.45, 7) is 0. The Kier molecular flexibility index (Phi) is 4.00. The smallest absolute Gasteiger partial charge is 0.130 e. The molecule has 0 bridgehead atoms. The van der Waals surface area contributed by atoms with Gasteiger partial charge in [0.25, 0.3) is 0 Å². The van der Waals surface area contributed by atoms with Crippen LogP contribution in [0.2, 0.25) is 0 Å². The summed E-state index contributed by atoms with van der Waals surface area (Å²) >= 11 is 10.3.